The number of nitrogens with zero attached hydrogens (tertiary/aromatic N) is 1. The minimum absolute atomic E-state index is 0.0354. The quantitative estimate of drug-likeness (QED) is 0.848. The zero-order valence-corrected chi connectivity index (χ0v) is 10.0. The van der Waals surface area contributed by atoms with E-state index >= 15 is 0 Å². The Morgan fingerprint density at radius 2 is 2.32 bits per heavy atom. The molecule has 0 aliphatic carbocycles. The third-order valence-electron chi connectivity index (χ3n) is 2.84. The molecule has 1 amide bonds. The molecule has 6 heteroatoms. The number of carboxylic acids is 1. The Bertz CT molecular complexity index is 543. The van der Waals surface area contributed by atoms with Gasteiger partial charge in [0.05, 0.1) is 5.69 Å². The summed E-state index contributed by atoms with van der Waals surface area (Å²) in [4.78, 5) is 24.0. The average Bonchev–Trinajstić information content (AvgIpc) is 2.74. The van der Waals surface area contributed by atoms with Crippen molar-refractivity contribution in [3.05, 3.63) is 42.2 Å². The Kier molecular flexibility index (Phi) is 3.50. The fourth-order valence-corrected chi connectivity index (χ4v) is 2.02. The van der Waals surface area contributed by atoms with Gasteiger partial charge in [-0.15, -0.1) is 0 Å². The maximum atomic E-state index is 13.2. The van der Waals surface area contributed by atoms with E-state index < -0.39 is 23.9 Å². The summed E-state index contributed by atoms with van der Waals surface area (Å²) in [5.74, 6) is -1.70. The van der Waals surface area contributed by atoms with E-state index in [2.05, 4.69) is 6.58 Å². The van der Waals surface area contributed by atoms with Crippen LogP contribution in [0, 0.1) is 5.82 Å². The van der Waals surface area contributed by atoms with Crippen molar-refractivity contribution in [2.75, 3.05) is 11.5 Å². The number of fused-ring (bicyclic) bond motifs is 1. The Labute approximate surface area is 108 Å². The maximum Gasteiger partial charge on any atom is 0.415 e. The molecule has 100 valence electrons. The van der Waals surface area contributed by atoms with E-state index in [1.165, 1.54) is 18.2 Å². The molecule has 1 unspecified atom stereocenters. The molecule has 1 aromatic rings. The number of benzene rings is 1. The van der Waals surface area contributed by atoms with Crippen LogP contribution in [-0.2, 0) is 16.0 Å². The summed E-state index contributed by atoms with van der Waals surface area (Å²) in [6.45, 7) is 3.36. The normalized spacial score (nSPS) is 16.9. The highest BCUT2D eigenvalue weighted by Gasteiger charge is 2.39. The third-order valence-corrected chi connectivity index (χ3v) is 2.84. The summed E-state index contributed by atoms with van der Waals surface area (Å²) < 4.78 is 18.1. The lowest BCUT2D eigenvalue weighted by molar-refractivity contribution is -0.138. The minimum Gasteiger partial charge on any atom is -0.480 e. The van der Waals surface area contributed by atoms with Crippen molar-refractivity contribution in [1.82, 2.24) is 0 Å². The molecule has 1 heterocycles. The largest absolute Gasteiger partial charge is 0.480 e. The molecule has 5 nitrogen and oxygen atoms in total. The van der Waals surface area contributed by atoms with Crippen LogP contribution in [0.15, 0.2) is 30.9 Å². The Morgan fingerprint density at radius 3 is 2.95 bits per heavy atom. The van der Waals surface area contributed by atoms with Gasteiger partial charge in [-0.2, -0.15) is 0 Å². The topological polar surface area (TPSA) is 66.8 Å². The van der Waals surface area contributed by atoms with Crippen molar-refractivity contribution in [1.29, 1.82) is 0 Å². The molecule has 0 saturated carbocycles. The second kappa shape index (κ2) is 5.09. The predicted molar refractivity (Wildman–Crippen MR) is 65.6 cm³/mol. The van der Waals surface area contributed by atoms with Crippen molar-refractivity contribution in [2.45, 2.75) is 12.5 Å². The van der Waals surface area contributed by atoms with Crippen molar-refractivity contribution in [2.24, 2.45) is 0 Å². The molecule has 1 atom stereocenters. The third kappa shape index (κ3) is 2.42. The number of carboxylic acid groups (broad SMARTS) is 1. The molecule has 0 radical (unpaired) electrons. The van der Waals surface area contributed by atoms with Crippen LogP contribution in [0.2, 0.25) is 0 Å². The number of halogens is 1. The molecule has 1 N–H and O–H groups in total. The average molecular weight is 265 g/mol. The molecular weight excluding hydrogens is 253 g/mol. The van der Waals surface area contributed by atoms with Crippen molar-refractivity contribution >= 4 is 17.7 Å². The smallest absolute Gasteiger partial charge is 0.415 e. The number of anilines is 1. The van der Waals surface area contributed by atoms with Crippen molar-refractivity contribution < 1.29 is 23.8 Å². The van der Waals surface area contributed by atoms with Gasteiger partial charge in [0, 0.05) is 6.42 Å². The molecule has 1 aliphatic rings. The van der Waals surface area contributed by atoms with Crippen LogP contribution < -0.4 is 4.90 Å². The summed E-state index contributed by atoms with van der Waals surface area (Å²) in [6.07, 6.45) is 0.682. The molecule has 1 aromatic carbocycles. The fourth-order valence-electron chi connectivity index (χ4n) is 2.02. The van der Waals surface area contributed by atoms with Gasteiger partial charge in [0.1, 0.15) is 18.5 Å². The van der Waals surface area contributed by atoms with Gasteiger partial charge in [-0.25, -0.2) is 14.0 Å². The predicted octanol–water partition coefficient (Wildman–Crippen LogP) is 1.96. The zero-order chi connectivity index (χ0) is 14.0. The second-order valence-electron chi connectivity index (χ2n) is 4.07. The van der Waals surface area contributed by atoms with Gasteiger partial charge in [-0.3, -0.25) is 4.90 Å². The van der Waals surface area contributed by atoms with Gasteiger partial charge >= 0.3 is 12.1 Å². The number of rotatable bonds is 3. The van der Waals surface area contributed by atoms with Crippen LogP contribution in [0.5, 0.6) is 0 Å². The molecule has 0 aromatic heterocycles. The number of carbonyl (C=O) groups is 2. The molecule has 0 fully saturated rings. The summed E-state index contributed by atoms with van der Waals surface area (Å²) >= 11 is 0. The number of aliphatic carboxylic acids is 1. The van der Waals surface area contributed by atoms with Crippen LogP contribution >= 0.6 is 0 Å². The van der Waals surface area contributed by atoms with E-state index in [1.807, 2.05) is 0 Å². The van der Waals surface area contributed by atoms with Crippen LogP contribution in [0.25, 0.3) is 0 Å². The molecule has 0 spiro atoms. The lowest BCUT2D eigenvalue weighted by Gasteiger charge is -2.21. The number of amides is 1. The van der Waals surface area contributed by atoms with Gasteiger partial charge in [0.2, 0.25) is 0 Å². The first-order valence-corrected chi connectivity index (χ1v) is 5.62. The van der Waals surface area contributed by atoms with E-state index in [9.17, 15) is 14.0 Å². The van der Waals surface area contributed by atoms with E-state index in [4.69, 9.17) is 9.84 Å². The zero-order valence-electron chi connectivity index (χ0n) is 10.0. The summed E-state index contributed by atoms with van der Waals surface area (Å²) in [6, 6.07) is 2.76. The molecular formula is C13H12FNO4. The Morgan fingerprint density at radius 1 is 1.58 bits per heavy atom. The molecule has 19 heavy (non-hydrogen) atoms. The molecule has 0 saturated heterocycles. The van der Waals surface area contributed by atoms with Crippen LogP contribution in [0.1, 0.15) is 5.56 Å². The van der Waals surface area contributed by atoms with Gasteiger partial charge in [-0.05, 0) is 17.7 Å². The number of ether oxygens (including phenoxy) is 1. The van der Waals surface area contributed by atoms with E-state index in [0.717, 1.165) is 11.0 Å². The molecule has 1 aliphatic heterocycles. The van der Waals surface area contributed by atoms with Gasteiger partial charge in [-0.1, -0.05) is 18.7 Å². The van der Waals surface area contributed by atoms with E-state index in [0.29, 0.717) is 5.56 Å². The van der Waals surface area contributed by atoms with E-state index in [1.54, 1.807) is 0 Å². The first-order chi connectivity index (χ1) is 9.04. The lowest BCUT2D eigenvalue weighted by Crippen LogP contribution is -2.43. The number of carbonyl (C=O) groups excluding carboxylic acids is 1. The van der Waals surface area contributed by atoms with Crippen LogP contribution in [-0.4, -0.2) is 29.8 Å². The van der Waals surface area contributed by atoms with Crippen LogP contribution in [0.3, 0.4) is 0 Å². The standard InChI is InChI=1S/C13H12FNO4/c1-2-5-19-13(18)15-10-7-9(14)4-3-8(10)6-11(15)12(16)17/h2-4,7,11H,1,5-6H2,(H,16,17). The Hall–Kier alpha value is -2.37. The molecule has 0 bridgehead atoms. The monoisotopic (exact) mass is 265 g/mol. The second-order valence-corrected chi connectivity index (χ2v) is 4.07. The lowest BCUT2D eigenvalue weighted by atomic mass is 10.1. The maximum absolute atomic E-state index is 13.2. The number of hydrogen-bond acceptors (Lipinski definition) is 3. The van der Waals surface area contributed by atoms with Crippen molar-refractivity contribution in [3.63, 3.8) is 0 Å². The summed E-state index contributed by atoms with van der Waals surface area (Å²) in [7, 11) is 0. The van der Waals surface area contributed by atoms with Gasteiger partial charge in [0.25, 0.3) is 0 Å². The Balaban J connectivity index is 2.36. The summed E-state index contributed by atoms with van der Waals surface area (Å²) in [5.41, 5.74) is 0.839. The van der Waals surface area contributed by atoms with Crippen molar-refractivity contribution in [3.8, 4) is 0 Å². The highest BCUT2D eigenvalue weighted by Crippen LogP contribution is 2.33. The summed E-state index contributed by atoms with van der Waals surface area (Å²) in [5, 5.41) is 9.14. The first-order valence-electron chi connectivity index (χ1n) is 5.62. The molecule has 2 rings (SSSR count). The minimum atomic E-state index is -1.16. The van der Waals surface area contributed by atoms with Crippen LogP contribution in [0.4, 0.5) is 14.9 Å². The van der Waals surface area contributed by atoms with Gasteiger partial charge in [0.15, 0.2) is 0 Å². The highest BCUT2D eigenvalue weighted by molar-refractivity contribution is 5.98. The highest BCUT2D eigenvalue weighted by atomic mass is 19.1. The SMILES string of the molecule is C=CCOC(=O)N1c2cc(F)ccc2CC1C(=O)O. The fraction of sp³-hybridized carbons (Fsp3) is 0.231. The number of hydrogen-bond donors (Lipinski definition) is 1. The van der Waals surface area contributed by atoms with Gasteiger partial charge < -0.3 is 9.84 Å². The van der Waals surface area contributed by atoms with E-state index in [-0.39, 0.29) is 18.7 Å². The first kappa shape index (κ1) is 13.1.